The maximum absolute atomic E-state index is 12.7. The number of benzene rings is 1. The Morgan fingerprint density at radius 2 is 1.83 bits per heavy atom. The second kappa shape index (κ2) is 8.24. The zero-order chi connectivity index (χ0) is 17.5. The molecule has 1 amide bonds. The number of likely N-dealkylation sites (N-methyl/N-ethyl adjacent to an activating group) is 1. The Labute approximate surface area is 142 Å². The van der Waals surface area contributed by atoms with Gasteiger partial charge < -0.3 is 9.64 Å². The van der Waals surface area contributed by atoms with Crippen molar-refractivity contribution in [2.24, 2.45) is 0 Å². The summed E-state index contributed by atoms with van der Waals surface area (Å²) in [6.07, 6.45) is 0.397. The van der Waals surface area contributed by atoms with Crippen LogP contribution in [-0.4, -0.2) is 41.5 Å². The zero-order valence-electron chi connectivity index (χ0n) is 14.2. The van der Waals surface area contributed by atoms with Gasteiger partial charge in [0.05, 0.1) is 6.61 Å². The smallest absolute Gasteiger partial charge is 0.329 e. The summed E-state index contributed by atoms with van der Waals surface area (Å²) in [5.74, 6) is -0.711. The van der Waals surface area contributed by atoms with Crippen molar-refractivity contribution in [3.8, 4) is 0 Å². The number of rotatable bonds is 6. The highest BCUT2D eigenvalue weighted by atomic mass is 16.5. The highest BCUT2D eigenvalue weighted by molar-refractivity contribution is 5.95. The van der Waals surface area contributed by atoms with Crippen LogP contribution in [0.25, 0.3) is 0 Å². The van der Waals surface area contributed by atoms with E-state index in [1.807, 2.05) is 43.3 Å². The van der Waals surface area contributed by atoms with E-state index in [1.165, 1.54) is 4.90 Å². The fourth-order valence-electron chi connectivity index (χ4n) is 2.44. The first kappa shape index (κ1) is 17.7. The number of amides is 1. The quantitative estimate of drug-likeness (QED) is 0.766. The Balaban J connectivity index is 2.24. The highest BCUT2D eigenvalue weighted by Gasteiger charge is 2.29. The standard InChI is InChI=1S/C19H22N2O3/c1-4-24-19(23)17(13-15-10-6-5-7-11-15)21(3)18(22)16-12-8-9-14(2)20-16/h5-12,17H,4,13H2,1-3H3. The van der Waals surface area contributed by atoms with Crippen molar-refractivity contribution in [2.45, 2.75) is 26.3 Å². The van der Waals surface area contributed by atoms with Crippen LogP contribution in [0.3, 0.4) is 0 Å². The van der Waals surface area contributed by atoms with Gasteiger partial charge >= 0.3 is 5.97 Å². The Morgan fingerprint density at radius 3 is 2.46 bits per heavy atom. The Hall–Kier alpha value is -2.69. The molecule has 0 aliphatic heterocycles. The van der Waals surface area contributed by atoms with Crippen LogP contribution >= 0.6 is 0 Å². The van der Waals surface area contributed by atoms with E-state index >= 15 is 0 Å². The van der Waals surface area contributed by atoms with Gasteiger partial charge in [-0.15, -0.1) is 0 Å². The molecule has 0 spiro atoms. The minimum Gasteiger partial charge on any atom is -0.464 e. The number of carbonyl (C=O) groups excluding carboxylic acids is 2. The lowest BCUT2D eigenvalue weighted by atomic mass is 10.0. The number of hydrogen-bond donors (Lipinski definition) is 0. The van der Waals surface area contributed by atoms with Crippen LogP contribution in [0, 0.1) is 6.92 Å². The van der Waals surface area contributed by atoms with Gasteiger partial charge in [0.2, 0.25) is 0 Å². The number of nitrogens with zero attached hydrogens (tertiary/aromatic N) is 2. The molecular formula is C19H22N2O3. The van der Waals surface area contributed by atoms with Crippen LogP contribution in [0.4, 0.5) is 0 Å². The van der Waals surface area contributed by atoms with E-state index in [-0.39, 0.29) is 12.5 Å². The molecule has 2 aromatic rings. The molecule has 1 unspecified atom stereocenters. The second-order valence-corrected chi connectivity index (χ2v) is 5.54. The first-order valence-electron chi connectivity index (χ1n) is 7.94. The third-order valence-electron chi connectivity index (χ3n) is 3.73. The third kappa shape index (κ3) is 4.41. The third-order valence-corrected chi connectivity index (χ3v) is 3.73. The second-order valence-electron chi connectivity index (χ2n) is 5.54. The molecule has 0 saturated carbocycles. The summed E-state index contributed by atoms with van der Waals surface area (Å²) in [4.78, 5) is 30.7. The molecule has 1 heterocycles. The topological polar surface area (TPSA) is 59.5 Å². The van der Waals surface area contributed by atoms with Gasteiger partial charge in [-0.3, -0.25) is 4.79 Å². The van der Waals surface area contributed by atoms with E-state index in [2.05, 4.69) is 4.98 Å². The fraction of sp³-hybridized carbons (Fsp3) is 0.316. The van der Waals surface area contributed by atoms with Crippen molar-refractivity contribution in [3.63, 3.8) is 0 Å². The summed E-state index contributed by atoms with van der Waals surface area (Å²) in [7, 11) is 1.61. The van der Waals surface area contributed by atoms with Crippen LogP contribution in [0.1, 0.15) is 28.7 Å². The van der Waals surface area contributed by atoms with Gasteiger partial charge in [-0.2, -0.15) is 0 Å². The first-order valence-corrected chi connectivity index (χ1v) is 7.94. The summed E-state index contributed by atoms with van der Waals surface area (Å²) >= 11 is 0. The van der Waals surface area contributed by atoms with Crippen molar-refractivity contribution >= 4 is 11.9 Å². The number of esters is 1. The lowest BCUT2D eigenvalue weighted by molar-refractivity contribution is -0.148. The Bertz CT molecular complexity index is 701. The maximum Gasteiger partial charge on any atom is 0.329 e. The van der Waals surface area contributed by atoms with Gasteiger partial charge in [0.25, 0.3) is 5.91 Å². The van der Waals surface area contributed by atoms with Gasteiger partial charge in [0, 0.05) is 19.2 Å². The van der Waals surface area contributed by atoms with Gasteiger partial charge in [0.15, 0.2) is 0 Å². The van der Waals surface area contributed by atoms with Gasteiger partial charge in [-0.05, 0) is 31.5 Å². The number of pyridine rings is 1. The fourth-order valence-corrected chi connectivity index (χ4v) is 2.44. The minimum absolute atomic E-state index is 0.273. The molecular weight excluding hydrogens is 304 g/mol. The summed E-state index contributed by atoms with van der Waals surface area (Å²) in [5, 5.41) is 0. The van der Waals surface area contributed by atoms with Gasteiger partial charge in [0.1, 0.15) is 11.7 Å². The van der Waals surface area contributed by atoms with E-state index in [4.69, 9.17) is 4.74 Å². The average molecular weight is 326 g/mol. The van der Waals surface area contributed by atoms with Crippen LogP contribution in [0.5, 0.6) is 0 Å². The molecule has 0 aliphatic rings. The summed E-state index contributed by atoms with van der Waals surface area (Å²) < 4.78 is 5.15. The maximum atomic E-state index is 12.7. The van der Waals surface area contributed by atoms with E-state index < -0.39 is 12.0 Å². The molecule has 2 rings (SSSR count). The van der Waals surface area contributed by atoms with Crippen LogP contribution in [0.15, 0.2) is 48.5 Å². The molecule has 5 heteroatoms. The monoisotopic (exact) mass is 326 g/mol. The van der Waals surface area contributed by atoms with Crippen molar-refractivity contribution in [1.82, 2.24) is 9.88 Å². The normalized spacial score (nSPS) is 11.6. The zero-order valence-corrected chi connectivity index (χ0v) is 14.2. The number of ether oxygens (including phenoxy) is 1. The SMILES string of the molecule is CCOC(=O)C(Cc1ccccc1)N(C)C(=O)c1cccc(C)n1. The first-order chi connectivity index (χ1) is 11.5. The lowest BCUT2D eigenvalue weighted by Crippen LogP contribution is -2.45. The molecule has 0 fully saturated rings. The molecule has 0 saturated heterocycles. The highest BCUT2D eigenvalue weighted by Crippen LogP contribution is 2.13. The largest absolute Gasteiger partial charge is 0.464 e. The van der Waals surface area contributed by atoms with Crippen molar-refractivity contribution in [2.75, 3.05) is 13.7 Å². The molecule has 5 nitrogen and oxygen atoms in total. The number of carbonyl (C=O) groups is 2. The van der Waals surface area contributed by atoms with Crippen LogP contribution in [-0.2, 0) is 16.0 Å². The summed E-state index contributed by atoms with van der Waals surface area (Å²) in [6, 6.07) is 14.1. The average Bonchev–Trinajstić information content (AvgIpc) is 2.59. The Kier molecular flexibility index (Phi) is 6.07. The van der Waals surface area contributed by atoms with E-state index in [0.717, 1.165) is 11.3 Å². The van der Waals surface area contributed by atoms with Crippen molar-refractivity contribution < 1.29 is 14.3 Å². The van der Waals surface area contributed by atoms with E-state index in [0.29, 0.717) is 12.1 Å². The lowest BCUT2D eigenvalue weighted by Gasteiger charge is -2.26. The molecule has 1 aromatic heterocycles. The molecule has 24 heavy (non-hydrogen) atoms. The number of aromatic nitrogens is 1. The summed E-state index contributed by atoms with van der Waals surface area (Å²) in [6.45, 7) is 3.85. The minimum atomic E-state index is -0.692. The number of aryl methyl sites for hydroxylation is 1. The number of hydrogen-bond acceptors (Lipinski definition) is 4. The van der Waals surface area contributed by atoms with Crippen LogP contribution < -0.4 is 0 Å². The molecule has 0 aliphatic carbocycles. The molecule has 1 aromatic carbocycles. The van der Waals surface area contributed by atoms with Crippen molar-refractivity contribution in [1.29, 1.82) is 0 Å². The van der Waals surface area contributed by atoms with Crippen LogP contribution in [0.2, 0.25) is 0 Å². The molecule has 0 bridgehead atoms. The van der Waals surface area contributed by atoms with Crippen molar-refractivity contribution in [3.05, 3.63) is 65.5 Å². The molecule has 126 valence electrons. The van der Waals surface area contributed by atoms with Gasteiger partial charge in [-0.25, -0.2) is 9.78 Å². The molecule has 0 radical (unpaired) electrons. The summed E-state index contributed by atoms with van der Waals surface area (Å²) in [5.41, 5.74) is 2.04. The Morgan fingerprint density at radius 1 is 1.12 bits per heavy atom. The van der Waals surface area contributed by atoms with Gasteiger partial charge in [-0.1, -0.05) is 36.4 Å². The van der Waals surface area contributed by atoms with E-state index in [1.54, 1.807) is 26.1 Å². The molecule has 0 N–H and O–H groups in total. The molecule has 1 atom stereocenters. The predicted octanol–water partition coefficient (Wildman–Crippen LogP) is 2.64. The van der Waals surface area contributed by atoms with E-state index in [9.17, 15) is 9.59 Å². The predicted molar refractivity (Wildman–Crippen MR) is 91.6 cm³/mol.